The maximum Gasteiger partial charge on any atom is 0.227 e. The van der Waals surface area contributed by atoms with Gasteiger partial charge in [-0.1, -0.05) is 26.0 Å². The molecule has 1 heterocycles. The van der Waals surface area contributed by atoms with Crippen LogP contribution in [0.1, 0.15) is 33.1 Å². The largest absolute Gasteiger partial charge is 0.327 e. The van der Waals surface area contributed by atoms with E-state index in [1.807, 2.05) is 38.1 Å². The number of amides is 2. The van der Waals surface area contributed by atoms with E-state index in [1.54, 1.807) is 4.90 Å². The summed E-state index contributed by atoms with van der Waals surface area (Å²) in [6.07, 6.45) is 1.71. The van der Waals surface area contributed by atoms with E-state index in [0.717, 1.165) is 12.1 Å². The Morgan fingerprint density at radius 3 is 2.71 bits per heavy atom. The Kier molecular flexibility index (Phi) is 4.96. The van der Waals surface area contributed by atoms with Crippen LogP contribution in [0.25, 0.3) is 0 Å². The first kappa shape index (κ1) is 15.5. The monoisotopic (exact) mass is 289 g/mol. The third kappa shape index (κ3) is 3.82. The maximum absolute atomic E-state index is 12.1. The molecule has 1 aliphatic heterocycles. The smallest absolute Gasteiger partial charge is 0.227 e. The molecule has 5 nitrogen and oxygen atoms in total. The number of hydrogen-bond donors (Lipinski definition) is 2. The summed E-state index contributed by atoms with van der Waals surface area (Å²) in [7, 11) is 0. The fourth-order valence-corrected chi connectivity index (χ4v) is 2.37. The van der Waals surface area contributed by atoms with Crippen LogP contribution in [0.15, 0.2) is 24.3 Å². The Bertz CT molecular complexity index is 528. The molecule has 1 saturated heterocycles. The molecule has 1 unspecified atom stereocenters. The number of anilines is 2. The molecule has 0 bridgehead atoms. The summed E-state index contributed by atoms with van der Waals surface area (Å²) in [6, 6.07) is 7.24. The highest BCUT2D eigenvalue weighted by atomic mass is 16.2. The molecule has 1 aliphatic rings. The molecule has 0 aromatic heterocycles. The standard InChI is InChI=1S/C16H23N3O2/c1-11(2)12(17)10-15(20)18-13-6-3-4-7-14(13)19-9-5-8-16(19)21/h3-4,6-7,11-12H,5,8-10,17H2,1-2H3,(H,18,20). The molecular formula is C16H23N3O2. The van der Waals surface area contributed by atoms with Crippen molar-refractivity contribution in [3.8, 4) is 0 Å². The number of benzene rings is 1. The highest BCUT2D eigenvalue weighted by molar-refractivity contribution is 6.02. The third-order valence-corrected chi connectivity index (χ3v) is 3.82. The Balaban J connectivity index is 2.10. The second-order valence-electron chi connectivity index (χ2n) is 5.83. The lowest BCUT2D eigenvalue weighted by molar-refractivity contribution is -0.117. The van der Waals surface area contributed by atoms with Crippen LogP contribution < -0.4 is 16.0 Å². The highest BCUT2D eigenvalue weighted by Gasteiger charge is 2.24. The molecule has 1 aromatic carbocycles. The van der Waals surface area contributed by atoms with Crippen molar-refractivity contribution in [1.82, 2.24) is 0 Å². The van der Waals surface area contributed by atoms with Crippen molar-refractivity contribution >= 4 is 23.2 Å². The van der Waals surface area contributed by atoms with E-state index in [1.165, 1.54) is 0 Å². The Labute approximate surface area is 125 Å². The summed E-state index contributed by atoms with van der Waals surface area (Å²) in [5.41, 5.74) is 7.37. The minimum absolute atomic E-state index is 0.107. The summed E-state index contributed by atoms with van der Waals surface area (Å²) >= 11 is 0. The molecular weight excluding hydrogens is 266 g/mol. The molecule has 2 amide bonds. The molecule has 0 spiro atoms. The van der Waals surface area contributed by atoms with Gasteiger partial charge < -0.3 is 16.0 Å². The topological polar surface area (TPSA) is 75.4 Å². The van der Waals surface area contributed by atoms with Gasteiger partial charge in [-0.05, 0) is 24.5 Å². The number of nitrogens with two attached hydrogens (primary N) is 1. The molecule has 0 aliphatic carbocycles. The molecule has 0 saturated carbocycles. The van der Waals surface area contributed by atoms with E-state index in [4.69, 9.17) is 5.73 Å². The van der Waals surface area contributed by atoms with Crippen LogP contribution in [0.5, 0.6) is 0 Å². The highest BCUT2D eigenvalue weighted by Crippen LogP contribution is 2.29. The van der Waals surface area contributed by atoms with E-state index in [0.29, 0.717) is 18.7 Å². The Morgan fingerprint density at radius 2 is 2.10 bits per heavy atom. The maximum atomic E-state index is 12.1. The average molecular weight is 289 g/mol. The lowest BCUT2D eigenvalue weighted by atomic mass is 10.0. The van der Waals surface area contributed by atoms with Gasteiger partial charge in [0.2, 0.25) is 11.8 Å². The predicted octanol–water partition coefficient (Wildman–Crippen LogP) is 2.13. The zero-order valence-corrected chi connectivity index (χ0v) is 12.6. The Morgan fingerprint density at radius 1 is 1.38 bits per heavy atom. The second-order valence-corrected chi connectivity index (χ2v) is 5.83. The van der Waals surface area contributed by atoms with Crippen LogP contribution in [0, 0.1) is 5.92 Å². The molecule has 5 heteroatoms. The summed E-state index contributed by atoms with van der Waals surface area (Å²) in [4.78, 5) is 25.7. The molecule has 3 N–H and O–H groups in total. The lowest BCUT2D eigenvalue weighted by Gasteiger charge is -2.21. The van der Waals surface area contributed by atoms with Gasteiger partial charge in [-0.3, -0.25) is 9.59 Å². The molecule has 1 atom stereocenters. The van der Waals surface area contributed by atoms with Crippen LogP contribution >= 0.6 is 0 Å². The average Bonchev–Trinajstić information content (AvgIpc) is 2.85. The predicted molar refractivity (Wildman–Crippen MR) is 84.1 cm³/mol. The fourth-order valence-electron chi connectivity index (χ4n) is 2.37. The molecule has 1 fully saturated rings. The quantitative estimate of drug-likeness (QED) is 0.872. The number of nitrogens with zero attached hydrogens (tertiary/aromatic N) is 1. The first-order valence-electron chi connectivity index (χ1n) is 7.44. The van der Waals surface area contributed by atoms with Crippen molar-refractivity contribution in [3.63, 3.8) is 0 Å². The number of carbonyl (C=O) groups excluding carboxylic acids is 2. The molecule has 114 valence electrons. The second kappa shape index (κ2) is 6.72. The number of rotatable bonds is 5. The van der Waals surface area contributed by atoms with Crippen LogP contribution in [0.2, 0.25) is 0 Å². The molecule has 2 rings (SSSR count). The van der Waals surface area contributed by atoms with Crippen molar-refractivity contribution < 1.29 is 9.59 Å². The van der Waals surface area contributed by atoms with Crippen LogP contribution in [0.3, 0.4) is 0 Å². The third-order valence-electron chi connectivity index (χ3n) is 3.82. The van der Waals surface area contributed by atoms with Crippen molar-refractivity contribution in [2.24, 2.45) is 11.7 Å². The van der Waals surface area contributed by atoms with Gasteiger partial charge >= 0.3 is 0 Å². The van der Waals surface area contributed by atoms with E-state index in [2.05, 4.69) is 5.32 Å². The van der Waals surface area contributed by atoms with Crippen LogP contribution in [0.4, 0.5) is 11.4 Å². The van der Waals surface area contributed by atoms with Crippen LogP contribution in [-0.4, -0.2) is 24.4 Å². The van der Waals surface area contributed by atoms with Gasteiger partial charge in [0.15, 0.2) is 0 Å². The summed E-state index contributed by atoms with van der Waals surface area (Å²) in [6.45, 7) is 4.70. The van der Waals surface area contributed by atoms with Gasteiger partial charge in [-0.15, -0.1) is 0 Å². The minimum Gasteiger partial charge on any atom is -0.327 e. The summed E-state index contributed by atoms with van der Waals surface area (Å²) in [5.74, 6) is 0.247. The summed E-state index contributed by atoms with van der Waals surface area (Å²) < 4.78 is 0. The number of hydrogen-bond acceptors (Lipinski definition) is 3. The van der Waals surface area contributed by atoms with Crippen molar-refractivity contribution in [2.75, 3.05) is 16.8 Å². The lowest BCUT2D eigenvalue weighted by Crippen LogP contribution is -2.32. The fraction of sp³-hybridized carbons (Fsp3) is 0.500. The van der Waals surface area contributed by atoms with Crippen molar-refractivity contribution in [1.29, 1.82) is 0 Å². The molecule has 0 radical (unpaired) electrons. The first-order valence-corrected chi connectivity index (χ1v) is 7.44. The van der Waals surface area contributed by atoms with Gasteiger partial charge in [0.25, 0.3) is 0 Å². The van der Waals surface area contributed by atoms with Gasteiger partial charge in [0.1, 0.15) is 0 Å². The van der Waals surface area contributed by atoms with Gasteiger partial charge in [0.05, 0.1) is 11.4 Å². The van der Waals surface area contributed by atoms with E-state index >= 15 is 0 Å². The zero-order chi connectivity index (χ0) is 15.4. The van der Waals surface area contributed by atoms with E-state index in [-0.39, 0.29) is 30.2 Å². The van der Waals surface area contributed by atoms with E-state index < -0.39 is 0 Å². The number of para-hydroxylation sites is 2. The van der Waals surface area contributed by atoms with Gasteiger partial charge in [-0.25, -0.2) is 0 Å². The first-order chi connectivity index (χ1) is 9.99. The normalized spacial score (nSPS) is 16.4. The van der Waals surface area contributed by atoms with Crippen molar-refractivity contribution in [3.05, 3.63) is 24.3 Å². The number of nitrogens with one attached hydrogen (secondary N) is 1. The van der Waals surface area contributed by atoms with Crippen LogP contribution in [-0.2, 0) is 9.59 Å². The van der Waals surface area contributed by atoms with E-state index in [9.17, 15) is 9.59 Å². The minimum atomic E-state index is -0.161. The van der Waals surface area contributed by atoms with Gasteiger partial charge in [-0.2, -0.15) is 0 Å². The zero-order valence-electron chi connectivity index (χ0n) is 12.6. The molecule has 1 aromatic rings. The van der Waals surface area contributed by atoms with Crippen molar-refractivity contribution in [2.45, 2.75) is 39.2 Å². The van der Waals surface area contributed by atoms with Gasteiger partial charge in [0, 0.05) is 25.4 Å². The Hall–Kier alpha value is -1.88. The summed E-state index contributed by atoms with van der Waals surface area (Å²) in [5, 5.41) is 2.88. The molecule has 21 heavy (non-hydrogen) atoms. The number of carbonyl (C=O) groups is 2. The SMILES string of the molecule is CC(C)C(N)CC(=O)Nc1ccccc1N1CCCC1=O.